The van der Waals surface area contributed by atoms with Crippen molar-refractivity contribution in [3.8, 4) is 6.07 Å². The Hall–Kier alpha value is -1.87. The molecule has 6 nitrogen and oxygen atoms in total. The van der Waals surface area contributed by atoms with Crippen LogP contribution < -0.4 is 5.73 Å². The number of hydrogen-bond acceptors (Lipinski definition) is 6. The van der Waals surface area contributed by atoms with Gasteiger partial charge in [0.2, 0.25) is 0 Å². The topological polar surface area (TPSA) is 113 Å². The molecule has 0 radical (unpaired) electrons. The van der Waals surface area contributed by atoms with E-state index in [0.717, 1.165) is 24.8 Å². The highest BCUT2D eigenvalue weighted by Gasteiger charge is 2.76. The highest BCUT2D eigenvalue weighted by molar-refractivity contribution is 5.88. The molecule has 6 aliphatic rings. The molecule has 1 spiro atoms. The van der Waals surface area contributed by atoms with Crippen LogP contribution in [0.5, 0.6) is 0 Å². The molecule has 2 bridgehead atoms. The summed E-state index contributed by atoms with van der Waals surface area (Å²) < 4.78 is 5.98. The molecule has 1 heterocycles. The number of hydrogen-bond donors (Lipinski definition) is 2. The number of ketones is 1. The van der Waals surface area contributed by atoms with Gasteiger partial charge in [-0.1, -0.05) is 13.8 Å². The van der Waals surface area contributed by atoms with Gasteiger partial charge in [0.25, 0.3) is 0 Å². The van der Waals surface area contributed by atoms with Crippen LogP contribution in [0.25, 0.3) is 0 Å². The smallest absolute Gasteiger partial charge is 0.306 e. The maximum atomic E-state index is 12.9. The second-order valence-electron chi connectivity index (χ2n) is 11.4. The van der Waals surface area contributed by atoms with Crippen LogP contribution in [0.15, 0.2) is 11.3 Å². The number of aliphatic hydroxyl groups excluding tert-OH is 1. The molecule has 160 valence electrons. The highest BCUT2D eigenvalue weighted by atomic mass is 16.6. The van der Waals surface area contributed by atoms with Gasteiger partial charge in [0.15, 0.2) is 0 Å². The molecule has 5 unspecified atom stereocenters. The number of nitrogens with two attached hydrogens (primary N) is 1. The van der Waals surface area contributed by atoms with Crippen LogP contribution in [-0.4, -0.2) is 28.6 Å². The van der Waals surface area contributed by atoms with Gasteiger partial charge in [-0.25, -0.2) is 0 Å². The van der Waals surface area contributed by atoms with Crippen LogP contribution >= 0.6 is 0 Å². The molecule has 0 aromatic carbocycles. The molecule has 1 aliphatic heterocycles. The number of esters is 1. The zero-order chi connectivity index (χ0) is 21.3. The van der Waals surface area contributed by atoms with Crippen molar-refractivity contribution in [2.45, 2.75) is 76.9 Å². The Balaban J connectivity index is 1.54. The van der Waals surface area contributed by atoms with Crippen molar-refractivity contribution in [3.05, 3.63) is 11.3 Å². The maximum absolute atomic E-state index is 12.9. The molecule has 6 rings (SSSR count). The van der Waals surface area contributed by atoms with Gasteiger partial charge >= 0.3 is 5.97 Å². The summed E-state index contributed by atoms with van der Waals surface area (Å²) in [4.78, 5) is 25.0. The van der Waals surface area contributed by atoms with E-state index in [2.05, 4.69) is 19.9 Å². The van der Waals surface area contributed by atoms with Crippen molar-refractivity contribution in [2.24, 2.45) is 45.7 Å². The third kappa shape index (κ3) is 1.71. The SMILES string of the molecule is C[C@]12C[C@@H](O)C3C(C4=C(N)C5C(=O)CC[C@@]3(C)C5(C#N)C4)C1CC[C@@]21CCC(=O)O1. The largest absolute Gasteiger partial charge is 0.458 e. The van der Waals surface area contributed by atoms with E-state index in [0.29, 0.717) is 37.8 Å². The predicted octanol–water partition coefficient (Wildman–Crippen LogP) is 2.60. The number of ether oxygens (including phenoxy) is 1. The number of nitrogens with zero attached hydrogens (tertiary/aromatic N) is 1. The minimum atomic E-state index is -0.826. The minimum absolute atomic E-state index is 0.0554. The van der Waals surface area contributed by atoms with Crippen LogP contribution in [0.4, 0.5) is 0 Å². The van der Waals surface area contributed by atoms with Gasteiger partial charge in [0.05, 0.1) is 23.5 Å². The molecule has 0 aromatic rings. The number of Topliss-reactive ketones (excluding diaryl/α,β-unsaturated/α-hetero) is 1. The molecule has 9 atom stereocenters. The summed E-state index contributed by atoms with van der Waals surface area (Å²) in [5, 5.41) is 22.0. The van der Waals surface area contributed by atoms with Gasteiger partial charge < -0.3 is 15.6 Å². The van der Waals surface area contributed by atoms with Crippen LogP contribution in [0, 0.1) is 51.2 Å². The van der Waals surface area contributed by atoms with Gasteiger partial charge in [-0.2, -0.15) is 5.26 Å². The summed E-state index contributed by atoms with van der Waals surface area (Å²) in [5.74, 6) is -0.352. The average Bonchev–Trinajstić information content (AvgIpc) is 3.31. The normalized spacial score (nSPS) is 56.0. The molecule has 3 N–H and O–H groups in total. The quantitative estimate of drug-likeness (QED) is 0.594. The molecule has 0 amide bonds. The Bertz CT molecular complexity index is 967. The van der Waals surface area contributed by atoms with Crippen molar-refractivity contribution in [1.82, 2.24) is 0 Å². The molecular weight excluding hydrogens is 380 g/mol. The van der Waals surface area contributed by atoms with Gasteiger partial charge in [-0.05, 0) is 67.3 Å². The Morgan fingerprint density at radius 2 is 1.93 bits per heavy atom. The van der Waals surface area contributed by atoms with Crippen molar-refractivity contribution in [1.29, 1.82) is 5.26 Å². The van der Waals surface area contributed by atoms with Crippen LogP contribution in [0.2, 0.25) is 0 Å². The van der Waals surface area contributed by atoms with Crippen molar-refractivity contribution >= 4 is 11.8 Å². The molecule has 5 fully saturated rings. The van der Waals surface area contributed by atoms with Crippen molar-refractivity contribution in [2.75, 3.05) is 0 Å². The molecule has 1 saturated heterocycles. The summed E-state index contributed by atoms with van der Waals surface area (Å²) in [6.45, 7) is 4.33. The second-order valence-corrected chi connectivity index (χ2v) is 11.4. The Labute approximate surface area is 176 Å². The first-order chi connectivity index (χ1) is 14.1. The third-order valence-electron chi connectivity index (χ3n) is 10.8. The first-order valence-electron chi connectivity index (χ1n) is 11.5. The lowest BCUT2D eigenvalue weighted by Gasteiger charge is -2.63. The first-order valence-corrected chi connectivity index (χ1v) is 11.5. The molecule has 30 heavy (non-hydrogen) atoms. The zero-order valence-electron chi connectivity index (χ0n) is 17.7. The van der Waals surface area contributed by atoms with Gasteiger partial charge in [0.1, 0.15) is 11.4 Å². The molecular formula is C24H30N2O4. The van der Waals surface area contributed by atoms with E-state index in [-0.39, 0.29) is 34.9 Å². The number of nitriles is 1. The van der Waals surface area contributed by atoms with Crippen LogP contribution in [0.3, 0.4) is 0 Å². The Kier molecular flexibility index (Phi) is 3.33. The molecule has 6 heteroatoms. The summed E-state index contributed by atoms with van der Waals surface area (Å²) in [7, 11) is 0. The molecule has 5 aliphatic carbocycles. The summed E-state index contributed by atoms with van der Waals surface area (Å²) >= 11 is 0. The Morgan fingerprint density at radius 3 is 2.60 bits per heavy atom. The number of rotatable bonds is 0. The summed E-state index contributed by atoms with van der Waals surface area (Å²) in [6.07, 6.45) is 4.52. The highest BCUT2D eigenvalue weighted by Crippen LogP contribution is 2.76. The summed E-state index contributed by atoms with van der Waals surface area (Å²) in [5.41, 5.74) is 6.25. The van der Waals surface area contributed by atoms with Gasteiger partial charge in [0, 0.05) is 24.0 Å². The lowest BCUT2D eigenvalue weighted by Crippen LogP contribution is -2.64. The first kappa shape index (κ1) is 18.9. The van der Waals surface area contributed by atoms with Gasteiger partial charge in [-0.3, -0.25) is 9.59 Å². The zero-order valence-corrected chi connectivity index (χ0v) is 17.7. The van der Waals surface area contributed by atoms with Crippen LogP contribution in [0.1, 0.15) is 65.2 Å². The predicted molar refractivity (Wildman–Crippen MR) is 106 cm³/mol. The number of carbonyl (C=O) groups excluding carboxylic acids is 2. The van der Waals surface area contributed by atoms with E-state index >= 15 is 0 Å². The van der Waals surface area contributed by atoms with E-state index in [4.69, 9.17) is 10.5 Å². The van der Waals surface area contributed by atoms with Crippen molar-refractivity contribution in [3.63, 3.8) is 0 Å². The minimum Gasteiger partial charge on any atom is -0.458 e. The third-order valence-corrected chi connectivity index (χ3v) is 10.8. The number of allylic oxidation sites excluding steroid dienone is 2. The number of carbonyl (C=O) groups is 2. The van der Waals surface area contributed by atoms with Gasteiger partial charge in [-0.15, -0.1) is 0 Å². The number of fused-ring (bicyclic) bond motifs is 7. The lowest BCUT2D eigenvalue weighted by molar-refractivity contribution is -0.198. The van der Waals surface area contributed by atoms with E-state index in [9.17, 15) is 20.0 Å². The number of aliphatic hydroxyl groups is 1. The monoisotopic (exact) mass is 410 g/mol. The van der Waals surface area contributed by atoms with E-state index in [1.165, 1.54) is 0 Å². The fraction of sp³-hybridized carbons (Fsp3) is 0.792. The fourth-order valence-corrected chi connectivity index (χ4v) is 9.47. The fourth-order valence-electron chi connectivity index (χ4n) is 9.47. The Morgan fingerprint density at radius 1 is 1.17 bits per heavy atom. The molecule has 0 aromatic heterocycles. The van der Waals surface area contributed by atoms with E-state index in [1.54, 1.807) is 0 Å². The van der Waals surface area contributed by atoms with E-state index < -0.39 is 28.5 Å². The van der Waals surface area contributed by atoms with Crippen LogP contribution in [-0.2, 0) is 14.3 Å². The summed E-state index contributed by atoms with van der Waals surface area (Å²) in [6, 6.07) is 2.57. The lowest BCUT2D eigenvalue weighted by atomic mass is 9.39. The van der Waals surface area contributed by atoms with Crippen molar-refractivity contribution < 1.29 is 19.4 Å². The second kappa shape index (κ2) is 5.30. The standard InChI is InChI=1S/C24H30N2O4/c1-21-6-4-14(27)19-20(26)12(9-23(19,21)11-25)17-13-3-7-24(8-5-16(29)30-24)22(13,2)10-15(28)18(17)21/h13,15,17-19,28H,3-10,26H2,1-2H3/t13?,15-,17?,18?,19?,21-,22+,23?,24-/m1/s1. The maximum Gasteiger partial charge on any atom is 0.306 e. The average molecular weight is 411 g/mol. The van der Waals surface area contributed by atoms with E-state index in [1.807, 2.05) is 0 Å². The molecule has 4 saturated carbocycles.